The third-order valence-corrected chi connectivity index (χ3v) is 5.13. The molecule has 1 saturated carbocycles. The number of carboxylic acid groups (broad SMARTS) is 1. The molecule has 1 aliphatic carbocycles. The van der Waals surface area contributed by atoms with E-state index in [2.05, 4.69) is 9.97 Å². The van der Waals surface area contributed by atoms with Gasteiger partial charge in [0.2, 0.25) is 0 Å². The monoisotopic (exact) mass is 336 g/mol. The first-order valence-corrected chi connectivity index (χ1v) is 8.49. The fourth-order valence-electron chi connectivity index (χ4n) is 3.61. The van der Waals surface area contributed by atoms with E-state index in [1.807, 2.05) is 36.4 Å². The summed E-state index contributed by atoms with van der Waals surface area (Å²) in [5.41, 5.74) is 6.20. The highest BCUT2D eigenvalue weighted by atomic mass is 16.4. The number of benzene rings is 1. The van der Waals surface area contributed by atoms with Crippen molar-refractivity contribution in [1.82, 2.24) is 14.5 Å². The molecule has 2 aromatic heterocycles. The predicted molar refractivity (Wildman–Crippen MR) is 94.6 cm³/mol. The van der Waals surface area contributed by atoms with E-state index >= 15 is 0 Å². The van der Waals surface area contributed by atoms with Crippen molar-refractivity contribution in [3.63, 3.8) is 0 Å². The number of aromatic nitrogens is 3. The quantitative estimate of drug-likeness (QED) is 0.721. The lowest BCUT2D eigenvalue weighted by molar-refractivity contribution is -0.140. The summed E-state index contributed by atoms with van der Waals surface area (Å²) in [6, 6.07) is 11.8. The largest absolute Gasteiger partial charge is 0.481 e. The molecule has 1 aliphatic rings. The van der Waals surface area contributed by atoms with E-state index in [1.165, 1.54) is 0 Å². The van der Waals surface area contributed by atoms with Crippen LogP contribution in [0.2, 0.25) is 0 Å². The van der Waals surface area contributed by atoms with Gasteiger partial charge < -0.3 is 10.8 Å². The molecule has 6 nitrogen and oxygen atoms in total. The smallest absolute Gasteiger partial charge is 0.316 e. The average Bonchev–Trinajstić information content (AvgIpc) is 3.16. The molecule has 0 amide bonds. The lowest BCUT2D eigenvalue weighted by Crippen LogP contribution is -2.23. The van der Waals surface area contributed by atoms with Crippen molar-refractivity contribution >= 4 is 16.9 Å². The van der Waals surface area contributed by atoms with Crippen LogP contribution < -0.4 is 5.73 Å². The molecule has 2 atom stereocenters. The molecule has 1 unspecified atom stereocenters. The first kappa shape index (κ1) is 15.8. The Morgan fingerprint density at radius 2 is 2.16 bits per heavy atom. The van der Waals surface area contributed by atoms with Gasteiger partial charge in [-0.25, -0.2) is 9.97 Å². The van der Waals surface area contributed by atoms with Crippen LogP contribution in [0, 0.1) is 5.92 Å². The highest BCUT2D eigenvalue weighted by Crippen LogP contribution is 2.56. The number of rotatable bonds is 6. The van der Waals surface area contributed by atoms with Crippen LogP contribution in [0.1, 0.15) is 25.0 Å². The second kappa shape index (κ2) is 5.97. The molecule has 0 aliphatic heterocycles. The van der Waals surface area contributed by atoms with Gasteiger partial charge in [-0.05, 0) is 49.9 Å². The number of nitrogens with zero attached hydrogens (tertiary/aromatic N) is 3. The normalized spacial score (nSPS) is 22.2. The van der Waals surface area contributed by atoms with Gasteiger partial charge in [0.25, 0.3) is 0 Å². The molecule has 0 bridgehead atoms. The molecular formula is C19H20N4O2. The van der Waals surface area contributed by atoms with Crippen LogP contribution in [0.15, 0.2) is 48.9 Å². The molecule has 1 aromatic carbocycles. The fraction of sp³-hybridized carbons (Fsp3) is 0.316. The Kier molecular flexibility index (Phi) is 3.77. The van der Waals surface area contributed by atoms with E-state index in [0.717, 1.165) is 29.6 Å². The number of imidazole rings is 1. The third kappa shape index (κ3) is 2.59. The lowest BCUT2D eigenvalue weighted by atomic mass is 9.98. The zero-order valence-corrected chi connectivity index (χ0v) is 13.8. The summed E-state index contributed by atoms with van der Waals surface area (Å²) in [7, 11) is 0. The number of carboxylic acids is 1. The minimum Gasteiger partial charge on any atom is -0.481 e. The number of nitrogens with two attached hydrogens (primary N) is 1. The van der Waals surface area contributed by atoms with Crippen LogP contribution >= 0.6 is 0 Å². The van der Waals surface area contributed by atoms with Crippen molar-refractivity contribution in [2.75, 3.05) is 6.54 Å². The van der Waals surface area contributed by atoms with E-state index in [1.54, 1.807) is 17.1 Å². The maximum atomic E-state index is 11.9. The molecule has 3 aromatic rings. The van der Waals surface area contributed by atoms with Crippen LogP contribution in [0.3, 0.4) is 0 Å². The number of fused-ring (bicyclic) bond motifs is 1. The van der Waals surface area contributed by atoms with Crippen molar-refractivity contribution in [2.45, 2.75) is 24.7 Å². The summed E-state index contributed by atoms with van der Waals surface area (Å²) in [6.07, 6.45) is 5.74. The summed E-state index contributed by atoms with van der Waals surface area (Å²) in [5.74, 6) is 0.0462. The number of hydrogen-bond acceptors (Lipinski definition) is 4. The average molecular weight is 336 g/mol. The van der Waals surface area contributed by atoms with Gasteiger partial charge in [-0.3, -0.25) is 9.36 Å². The Hall–Kier alpha value is -2.73. The van der Waals surface area contributed by atoms with Crippen molar-refractivity contribution in [2.24, 2.45) is 11.7 Å². The first-order valence-electron chi connectivity index (χ1n) is 8.49. The minimum atomic E-state index is -0.864. The standard InChI is InChI=1S/C19H20N4O2/c20-9-3-5-14-10-19(14,18(24)25)16-11-23(12-21-16)17-8-7-13-4-1-2-6-15(13)22-17/h1-2,4,6-8,11-12,14H,3,5,9-10,20H2,(H,24,25)/t14-,19?/m0/s1. The van der Waals surface area contributed by atoms with Crippen molar-refractivity contribution in [3.8, 4) is 5.82 Å². The van der Waals surface area contributed by atoms with Gasteiger partial charge in [0.1, 0.15) is 17.6 Å². The summed E-state index contributed by atoms with van der Waals surface area (Å²) < 4.78 is 1.80. The Bertz CT molecular complexity index is 936. The maximum absolute atomic E-state index is 11.9. The molecule has 128 valence electrons. The van der Waals surface area contributed by atoms with Gasteiger partial charge >= 0.3 is 5.97 Å². The zero-order valence-electron chi connectivity index (χ0n) is 13.8. The van der Waals surface area contributed by atoms with Gasteiger partial charge in [-0.2, -0.15) is 0 Å². The number of pyridine rings is 1. The molecule has 0 spiro atoms. The van der Waals surface area contributed by atoms with Gasteiger partial charge in [0.15, 0.2) is 0 Å². The summed E-state index contributed by atoms with van der Waals surface area (Å²) in [4.78, 5) is 20.9. The van der Waals surface area contributed by atoms with Crippen LogP contribution in [-0.4, -0.2) is 32.2 Å². The lowest BCUT2D eigenvalue weighted by Gasteiger charge is -2.09. The van der Waals surface area contributed by atoms with Crippen molar-refractivity contribution < 1.29 is 9.90 Å². The minimum absolute atomic E-state index is 0.112. The molecule has 0 saturated heterocycles. The number of carbonyl (C=O) groups is 1. The first-order chi connectivity index (χ1) is 12.1. The van der Waals surface area contributed by atoms with Crippen LogP contribution in [0.25, 0.3) is 16.7 Å². The van der Waals surface area contributed by atoms with Crippen LogP contribution in [-0.2, 0) is 10.2 Å². The predicted octanol–water partition coefficient (Wildman–Crippen LogP) is 2.50. The van der Waals surface area contributed by atoms with E-state index in [9.17, 15) is 9.90 Å². The molecular weight excluding hydrogens is 316 g/mol. The van der Waals surface area contributed by atoms with Gasteiger partial charge in [-0.1, -0.05) is 18.2 Å². The summed E-state index contributed by atoms with van der Waals surface area (Å²) >= 11 is 0. The zero-order chi connectivity index (χ0) is 17.4. The second-order valence-electron chi connectivity index (χ2n) is 6.64. The Morgan fingerprint density at radius 1 is 1.32 bits per heavy atom. The molecule has 3 N–H and O–H groups in total. The van der Waals surface area contributed by atoms with Gasteiger partial charge in [0, 0.05) is 11.6 Å². The molecule has 6 heteroatoms. The molecule has 4 rings (SSSR count). The Labute approximate surface area is 145 Å². The van der Waals surface area contributed by atoms with Crippen LogP contribution in [0.4, 0.5) is 0 Å². The van der Waals surface area contributed by atoms with E-state index in [0.29, 0.717) is 18.7 Å². The van der Waals surface area contributed by atoms with Gasteiger partial charge in [0.05, 0.1) is 11.2 Å². The highest BCUT2D eigenvalue weighted by molar-refractivity contribution is 5.85. The maximum Gasteiger partial charge on any atom is 0.316 e. The van der Waals surface area contributed by atoms with Crippen LogP contribution in [0.5, 0.6) is 0 Å². The summed E-state index contributed by atoms with van der Waals surface area (Å²) in [5, 5.41) is 10.8. The van der Waals surface area contributed by atoms with E-state index in [4.69, 9.17) is 5.73 Å². The molecule has 1 fully saturated rings. The SMILES string of the molecule is NCCC[C@H]1CC1(C(=O)O)c1cn(-c2ccc3ccccc3n2)cn1. The fourth-order valence-corrected chi connectivity index (χ4v) is 3.61. The van der Waals surface area contributed by atoms with E-state index < -0.39 is 11.4 Å². The number of hydrogen-bond donors (Lipinski definition) is 2. The molecule has 0 radical (unpaired) electrons. The molecule has 2 heterocycles. The highest BCUT2D eigenvalue weighted by Gasteiger charge is 2.62. The summed E-state index contributed by atoms with van der Waals surface area (Å²) in [6.45, 7) is 0.585. The second-order valence-corrected chi connectivity index (χ2v) is 6.64. The number of aliphatic carboxylic acids is 1. The van der Waals surface area contributed by atoms with Gasteiger partial charge in [-0.15, -0.1) is 0 Å². The third-order valence-electron chi connectivity index (χ3n) is 5.13. The van der Waals surface area contributed by atoms with E-state index in [-0.39, 0.29) is 5.92 Å². The molecule has 25 heavy (non-hydrogen) atoms. The topological polar surface area (TPSA) is 94.0 Å². The Balaban J connectivity index is 1.66. The van der Waals surface area contributed by atoms with Crippen molar-refractivity contribution in [1.29, 1.82) is 0 Å². The van der Waals surface area contributed by atoms with Crippen molar-refractivity contribution in [3.05, 3.63) is 54.6 Å². The Morgan fingerprint density at radius 3 is 2.96 bits per heavy atom. The number of para-hydroxylation sites is 1.